The minimum absolute atomic E-state index is 0.00764. The van der Waals surface area contributed by atoms with Gasteiger partial charge >= 0.3 is 6.03 Å². The molecule has 2 heterocycles. The van der Waals surface area contributed by atoms with E-state index in [0.29, 0.717) is 17.1 Å². The standard InChI is InChI=1S/C15H17ClN2O3/c16-11-6-4-10(5-7-11)13(19)9-18-14(20)12-3-1-2-8-17(12)15(18)21/h4-7,12-13,19H,1-3,8-9H2/t12-,13-/m0/s1. The highest BCUT2D eigenvalue weighted by atomic mass is 35.5. The summed E-state index contributed by atoms with van der Waals surface area (Å²) in [7, 11) is 0. The number of nitrogens with zero attached hydrogens (tertiary/aromatic N) is 2. The topological polar surface area (TPSA) is 60.9 Å². The maximum Gasteiger partial charge on any atom is 0.327 e. The number of hydrogen-bond donors (Lipinski definition) is 1. The summed E-state index contributed by atoms with van der Waals surface area (Å²) < 4.78 is 0. The summed E-state index contributed by atoms with van der Waals surface area (Å²) in [5, 5.41) is 10.8. The lowest BCUT2D eigenvalue weighted by Gasteiger charge is -2.26. The molecule has 3 amide bonds. The van der Waals surface area contributed by atoms with Crippen LogP contribution >= 0.6 is 11.6 Å². The lowest BCUT2D eigenvalue weighted by atomic mass is 10.0. The molecule has 0 bridgehead atoms. The molecule has 112 valence electrons. The molecular formula is C15H17ClN2O3. The first kappa shape index (κ1) is 14.4. The van der Waals surface area contributed by atoms with Crippen LogP contribution in [-0.2, 0) is 4.79 Å². The second kappa shape index (κ2) is 5.66. The SMILES string of the molecule is O=C1[C@@H]2CCCCN2C(=O)N1C[C@H](O)c1ccc(Cl)cc1. The smallest absolute Gasteiger partial charge is 0.327 e. The van der Waals surface area contributed by atoms with E-state index in [1.807, 2.05) is 0 Å². The van der Waals surface area contributed by atoms with Crippen molar-refractivity contribution >= 4 is 23.5 Å². The molecule has 0 saturated carbocycles. The van der Waals surface area contributed by atoms with Crippen molar-refractivity contribution in [3.05, 3.63) is 34.9 Å². The second-order valence-electron chi connectivity index (χ2n) is 5.50. The van der Waals surface area contributed by atoms with Crippen LogP contribution in [0, 0.1) is 0 Å². The average molecular weight is 309 g/mol. The number of rotatable bonds is 3. The Hall–Kier alpha value is -1.59. The molecule has 1 N–H and O–H groups in total. The van der Waals surface area contributed by atoms with Crippen molar-refractivity contribution < 1.29 is 14.7 Å². The van der Waals surface area contributed by atoms with Crippen LogP contribution in [-0.4, -0.2) is 46.0 Å². The molecule has 2 fully saturated rings. The highest BCUT2D eigenvalue weighted by Gasteiger charge is 2.46. The van der Waals surface area contributed by atoms with Gasteiger partial charge in [-0.05, 0) is 37.0 Å². The van der Waals surface area contributed by atoms with Gasteiger partial charge in [0.15, 0.2) is 0 Å². The predicted octanol–water partition coefficient (Wildman–Crippen LogP) is 2.19. The summed E-state index contributed by atoms with van der Waals surface area (Å²) in [6, 6.07) is 6.14. The number of hydrogen-bond acceptors (Lipinski definition) is 3. The van der Waals surface area contributed by atoms with Gasteiger partial charge in [0.2, 0.25) is 0 Å². The van der Waals surface area contributed by atoms with E-state index in [2.05, 4.69) is 0 Å². The number of carbonyl (C=O) groups is 2. The van der Waals surface area contributed by atoms with E-state index in [1.165, 1.54) is 4.90 Å². The third kappa shape index (κ3) is 2.63. The van der Waals surface area contributed by atoms with Crippen LogP contribution < -0.4 is 0 Å². The van der Waals surface area contributed by atoms with Gasteiger partial charge in [-0.2, -0.15) is 0 Å². The maximum absolute atomic E-state index is 12.3. The van der Waals surface area contributed by atoms with Crippen LogP contribution in [0.2, 0.25) is 5.02 Å². The normalized spacial score (nSPS) is 23.4. The number of aliphatic hydroxyl groups excluding tert-OH is 1. The molecule has 6 heteroatoms. The van der Waals surface area contributed by atoms with Gasteiger partial charge < -0.3 is 10.0 Å². The molecular weight excluding hydrogens is 292 g/mol. The van der Waals surface area contributed by atoms with Crippen LogP contribution in [0.1, 0.15) is 30.9 Å². The van der Waals surface area contributed by atoms with E-state index in [0.717, 1.165) is 19.3 Å². The summed E-state index contributed by atoms with van der Waals surface area (Å²) in [6.45, 7) is 0.620. The number of benzene rings is 1. The third-order valence-corrected chi connectivity index (χ3v) is 4.39. The molecule has 2 aliphatic heterocycles. The van der Waals surface area contributed by atoms with Crippen molar-refractivity contribution in [2.45, 2.75) is 31.4 Å². The van der Waals surface area contributed by atoms with Crippen molar-refractivity contribution in [2.24, 2.45) is 0 Å². The lowest BCUT2D eigenvalue weighted by molar-refractivity contribution is -0.129. The van der Waals surface area contributed by atoms with E-state index in [-0.39, 0.29) is 24.5 Å². The van der Waals surface area contributed by atoms with E-state index in [4.69, 9.17) is 11.6 Å². The third-order valence-electron chi connectivity index (χ3n) is 4.14. The van der Waals surface area contributed by atoms with Gasteiger partial charge in [-0.1, -0.05) is 23.7 Å². The zero-order valence-electron chi connectivity index (χ0n) is 11.5. The highest BCUT2D eigenvalue weighted by Crippen LogP contribution is 2.28. The Balaban J connectivity index is 1.73. The van der Waals surface area contributed by atoms with Crippen LogP contribution in [0.15, 0.2) is 24.3 Å². The first-order chi connectivity index (χ1) is 10.1. The predicted molar refractivity (Wildman–Crippen MR) is 77.9 cm³/mol. The first-order valence-electron chi connectivity index (χ1n) is 7.13. The zero-order valence-corrected chi connectivity index (χ0v) is 12.3. The van der Waals surface area contributed by atoms with Gasteiger partial charge in [0.05, 0.1) is 12.6 Å². The minimum atomic E-state index is -0.892. The Labute approximate surface area is 128 Å². The van der Waals surface area contributed by atoms with E-state index >= 15 is 0 Å². The number of halogens is 1. The Morgan fingerprint density at radius 3 is 2.62 bits per heavy atom. The first-order valence-corrected chi connectivity index (χ1v) is 7.51. The molecule has 0 unspecified atom stereocenters. The highest BCUT2D eigenvalue weighted by molar-refractivity contribution is 6.30. The number of carbonyl (C=O) groups excluding carboxylic acids is 2. The van der Waals surface area contributed by atoms with Crippen molar-refractivity contribution in [3.8, 4) is 0 Å². The monoisotopic (exact) mass is 308 g/mol. The van der Waals surface area contributed by atoms with E-state index in [9.17, 15) is 14.7 Å². The fourth-order valence-electron chi connectivity index (χ4n) is 2.98. The van der Waals surface area contributed by atoms with Crippen molar-refractivity contribution in [3.63, 3.8) is 0 Å². The fraction of sp³-hybridized carbons (Fsp3) is 0.467. The number of imide groups is 1. The van der Waals surface area contributed by atoms with Crippen LogP contribution in [0.25, 0.3) is 0 Å². The number of fused-ring (bicyclic) bond motifs is 1. The number of amides is 3. The summed E-state index contributed by atoms with van der Waals surface area (Å²) in [4.78, 5) is 27.4. The summed E-state index contributed by atoms with van der Waals surface area (Å²) in [5.41, 5.74) is 0.643. The molecule has 3 rings (SSSR count). The van der Waals surface area contributed by atoms with Crippen molar-refractivity contribution in [2.75, 3.05) is 13.1 Å². The molecule has 0 aliphatic carbocycles. The van der Waals surface area contributed by atoms with Gasteiger partial charge in [-0.3, -0.25) is 9.69 Å². The molecule has 2 aliphatic rings. The summed E-state index contributed by atoms with van der Waals surface area (Å²) in [5.74, 6) is -0.187. The Bertz CT molecular complexity index is 537. The Kier molecular flexibility index (Phi) is 3.87. The second-order valence-corrected chi connectivity index (χ2v) is 5.94. The minimum Gasteiger partial charge on any atom is -0.387 e. The number of aliphatic hydroxyl groups is 1. The fourth-order valence-corrected chi connectivity index (χ4v) is 3.10. The molecule has 1 aromatic rings. The van der Waals surface area contributed by atoms with Gasteiger partial charge in [0, 0.05) is 11.6 Å². The molecule has 21 heavy (non-hydrogen) atoms. The molecule has 5 nitrogen and oxygen atoms in total. The van der Waals surface area contributed by atoms with Crippen LogP contribution in [0.5, 0.6) is 0 Å². The number of piperidine rings is 1. The van der Waals surface area contributed by atoms with E-state index < -0.39 is 6.10 Å². The number of β-amino-alcohol motifs (C(OH)–C–C–N with tert-alkyl or cyclic N) is 1. The van der Waals surface area contributed by atoms with Crippen LogP contribution in [0.4, 0.5) is 4.79 Å². The summed E-state index contributed by atoms with van der Waals surface area (Å²) in [6.07, 6.45) is 1.73. The van der Waals surface area contributed by atoms with Gasteiger partial charge in [-0.25, -0.2) is 4.79 Å². The number of urea groups is 1. The maximum atomic E-state index is 12.3. The molecule has 1 aromatic carbocycles. The lowest BCUT2D eigenvalue weighted by Crippen LogP contribution is -2.39. The Morgan fingerprint density at radius 2 is 1.95 bits per heavy atom. The van der Waals surface area contributed by atoms with E-state index in [1.54, 1.807) is 29.2 Å². The Morgan fingerprint density at radius 1 is 1.24 bits per heavy atom. The molecule has 0 radical (unpaired) electrons. The summed E-state index contributed by atoms with van der Waals surface area (Å²) >= 11 is 5.81. The quantitative estimate of drug-likeness (QED) is 0.871. The van der Waals surface area contributed by atoms with Crippen molar-refractivity contribution in [1.29, 1.82) is 0 Å². The molecule has 2 saturated heterocycles. The van der Waals surface area contributed by atoms with Crippen LogP contribution in [0.3, 0.4) is 0 Å². The molecule has 0 aromatic heterocycles. The zero-order chi connectivity index (χ0) is 15.0. The largest absolute Gasteiger partial charge is 0.387 e. The van der Waals surface area contributed by atoms with Gasteiger partial charge in [0.25, 0.3) is 5.91 Å². The molecule has 0 spiro atoms. The van der Waals surface area contributed by atoms with Crippen molar-refractivity contribution in [1.82, 2.24) is 9.80 Å². The van der Waals surface area contributed by atoms with Gasteiger partial charge in [0.1, 0.15) is 6.04 Å². The molecule has 2 atom stereocenters. The van der Waals surface area contributed by atoms with Gasteiger partial charge in [-0.15, -0.1) is 0 Å². The average Bonchev–Trinajstić information content (AvgIpc) is 2.73.